The second kappa shape index (κ2) is 13.4. The fourth-order valence-electron chi connectivity index (χ4n) is 7.84. The van der Waals surface area contributed by atoms with E-state index in [1.54, 1.807) is 0 Å². The molecule has 0 saturated heterocycles. The Morgan fingerprint density at radius 2 is 0.833 bits per heavy atom. The van der Waals surface area contributed by atoms with Crippen molar-refractivity contribution >= 4 is 49.8 Å². The Balaban J connectivity index is 1.15. The van der Waals surface area contributed by atoms with Gasteiger partial charge in [-0.2, -0.15) is 0 Å². The zero-order valence-corrected chi connectivity index (χ0v) is 29.6. The maximum atomic E-state index is 6.82. The Morgan fingerprint density at radius 3 is 1.52 bits per heavy atom. The van der Waals surface area contributed by atoms with Gasteiger partial charge in [-0.3, -0.25) is 0 Å². The summed E-state index contributed by atoms with van der Waals surface area (Å²) in [6, 6.07) is 75.7. The van der Waals surface area contributed by atoms with Gasteiger partial charge in [0.1, 0.15) is 11.2 Å². The molecule has 9 aromatic carbocycles. The van der Waals surface area contributed by atoms with Crippen molar-refractivity contribution in [2.45, 2.75) is 0 Å². The van der Waals surface area contributed by atoms with Crippen LogP contribution in [0.15, 0.2) is 217 Å². The number of benzene rings is 9. The summed E-state index contributed by atoms with van der Waals surface area (Å²) in [6.45, 7) is 0. The molecule has 0 spiro atoms. The van der Waals surface area contributed by atoms with Crippen LogP contribution >= 0.6 is 0 Å². The van der Waals surface area contributed by atoms with Gasteiger partial charge in [0.05, 0.1) is 11.1 Å². The molecule has 10 rings (SSSR count). The summed E-state index contributed by atoms with van der Waals surface area (Å²) in [5.74, 6) is 0. The van der Waals surface area contributed by atoms with E-state index in [-0.39, 0.29) is 0 Å². The van der Waals surface area contributed by atoms with Crippen molar-refractivity contribution in [2.24, 2.45) is 0 Å². The summed E-state index contributed by atoms with van der Waals surface area (Å²) in [4.78, 5) is 2.37. The Hall–Kier alpha value is -7.16. The molecule has 0 N–H and O–H groups in total. The first kappa shape index (κ1) is 31.6. The van der Waals surface area contributed by atoms with Crippen LogP contribution in [0.2, 0.25) is 0 Å². The van der Waals surface area contributed by atoms with Crippen LogP contribution in [-0.4, -0.2) is 0 Å². The molecular weight excluding hydrogens is 655 g/mol. The Labute approximate surface area is 314 Å². The van der Waals surface area contributed by atoms with E-state index in [9.17, 15) is 0 Å². The zero-order chi connectivity index (χ0) is 35.8. The number of para-hydroxylation sites is 1. The van der Waals surface area contributed by atoms with Crippen LogP contribution < -0.4 is 4.90 Å². The lowest BCUT2D eigenvalue weighted by atomic mass is 9.95. The van der Waals surface area contributed by atoms with Gasteiger partial charge in [-0.25, -0.2) is 0 Å². The molecule has 254 valence electrons. The minimum atomic E-state index is 0.870. The topological polar surface area (TPSA) is 16.4 Å². The molecule has 0 radical (unpaired) electrons. The van der Waals surface area contributed by atoms with Gasteiger partial charge >= 0.3 is 0 Å². The predicted molar refractivity (Wildman–Crippen MR) is 228 cm³/mol. The number of anilines is 3. The molecule has 0 atom stereocenters. The number of rotatable bonds is 7. The first-order valence-corrected chi connectivity index (χ1v) is 18.4. The molecule has 0 aliphatic heterocycles. The van der Waals surface area contributed by atoms with Crippen LogP contribution in [0.25, 0.3) is 77.2 Å². The predicted octanol–water partition coefficient (Wildman–Crippen LogP) is 14.9. The van der Waals surface area contributed by atoms with Crippen molar-refractivity contribution in [3.05, 3.63) is 212 Å². The molecule has 0 saturated carbocycles. The van der Waals surface area contributed by atoms with Crippen molar-refractivity contribution in [3.63, 3.8) is 0 Å². The molecule has 1 heterocycles. The highest BCUT2D eigenvalue weighted by Crippen LogP contribution is 2.47. The molecule has 54 heavy (non-hydrogen) atoms. The molecular formula is C52H35NO. The van der Waals surface area contributed by atoms with Crippen molar-refractivity contribution in [1.29, 1.82) is 0 Å². The monoisotopic (exact) mass is 689 g/mol. The molecule has 0 amide bonds. The Morgan fingerprint density at radius 1 is 0.333 bits per heavy atom. The number of hydrogen-bond acceptors (Lipinski definition) is 2. The van der Waals surface area contributed by atoms with Gasteiger partial charge in [0.15, 0.2) is 0 Å². The molecule has 0 fully saturated rings. The number of furan rings is 1. The van der Waals surface area contributed by atoms with Gasteiger partial charge in [0.25, 0.3) is 0 Å². The summed E-state index contributed by atoms with van der Waals surface area (Å²) in [5, 5.41) is 4.58. The SMILES string of the molecule is c1ccc(-c2ccc(N(c3ccc(-c4cccc(-c5ccccc5)c4)cc3)c3ccc(-c4cccc5ccccc45)c4oc5ccccc5c34)cc2)cc1. The lowest BCUT2D eigenvalue weighted by Gasteiger charge is -2.27. The number of hydrogen-bond donors (Lipinski definition) is 0. The molecule has 0 aliphatic rings. The third kappa shape index (κ3) is 5.62. The van der Waals surface area contributed by atoms with Gasteiger partial charge in [-0.05, 0) is 98.2 Å². The fourth-order valence-corrected chi connectivity index (χ4v) is 7.84. The van der Waals surface area contributed by atoms with Crippen LogP contribution in [-0.2, 0) is 0 Å². The highest BCUT2D eigenvalue weighted by atomic mass is 16.3. The molecule has 2 nitrogen and oxygen atoms in total. The summed E-state index contributed by atoms with van der Waals surface area (Å²) < 4.78 is 6.82. The zero-order valence-electron chi connectivity index (χ0n) is 29.6. The maximum absolute atomic E-state index is 6.82. The maximum Gasteiger partial charge on any atom is 0.145 e. The normalized spacial score (nSPS) is 11.3. The van der Waals surface area contributed by atoms with E-state index < -0.39 is 0 Å². The summed E-state index contributed by atoms with van der Waals surface area (Å²) in [7, 11) is 0. The lowest BCUT2D eigenvalue weighted by Crippen LogP contribution is -2.10. The van der Waals surface area contributed by atoms with E-state index in [0.29, 0.717) is 0 Å². The molecule has 2 heteroatoms. The highest BCUT2D eigenvalue weighted by Gasteiger charge is 2.23. The second-order valence-corrected chi connectivity index (χ2v) is 13.7. The van der Waals surface area contributed by atoms with Crippen LogP contribution in [0.5, 0.6) is 0 Å². The Bertz CT molecular complexity index is 2900. The quantitative estimate of drug-likeness (QED) is 0.166. The smallest absolute Gasteiger partial charge is 0.145 e. The second-order valence-electron chi connectivity index (χ2n) is 13.7. The average molecular weight is 690 g/mol. The lowest BCUT2D eigenvalue weighted by molar-refractivity contribution is 0.670. The van der Waals surface area contributed by atoms with Crippen LogP contribution in [0.4, 0.5) is 17.1 Å². The van der Waals surface area contributed by atoms with Crippen molar-refractivity contribution in [1.82, 2.24) is 0 Å². The first-order valence-electron chi connectivity index (χ1n) is 18.4. The van der Waals surface area contributed by atoms with Crippen molar-refractivity contribution in [2.75, 3.05) is 4.90 Å². The average Bonchev–Trinajstić information content (AvgIpc) is 3.65. The molecule has 0 bridgehead atoms. The highest BCUT2D eigenvalue weighted by molar-refractivity contribution is 6.18. The minimum Gasteiger partial charge on any atom is -0.455 e. The molecule has 0 unspecified atom stereocenters. The van der Waals surface area contributed by atoms with Gasteiger partial charge in [0, 0.05) is 22.3 Å². The van der Waals surface area contributed by atoms with E-state index in [1.807, 2.05) is 6.07 Å². The van der Waals surface area contributed by atoms with Gasteiger partial charge < -0.3 is 9.32 Å². The molecule has 10 aromatic rings. The van der Waals surface area contributed by atoms with Crippen LogP contribution in [0.1, 0.15) is 0 Å². The van der Waals surface area contributed by atoms with E-state index in [4.69, 9.17) is 4.42 Å². The van der Waals surface area contributed by atoms with Crippen LogP contribution in [0, 0.1) is 0 Å². The Kier molecular flexibility index (Phi) is 7.85. The van der Waals surface area contributed by atoms with E-state index >= 15 is 0 Å². The minimum absolute atomic E-state index is 0.870. The molecule has 0 aliphatic carbocycles. The van der Waals surface area contributed by atoms with Gasteiger partial charge in [-0.1, -0.05) is 164 Å². The largest absolute Gasteiger partial charge is 0.455 e. The van der Waals surface area contributed by atoms with Gasteiger partial charge in [-0.15, -0.1) is 0 Å². The van der Waals surface area contributed by atoms with E-state index in [1.165, 1.54) is 44.2 Å². The molecule has 1 aromatic heterocycles. The summed E-state index contributed by atoms with van der Waals surface area (Å²) >= 11 is 0. The van der Waals surface area contributed by atoms with E-state index in [0.717, 1.165) is 50.1 Å². The standard InChI is InChI=1S/C52H35NO/c1-3-13-36(14-4-1)38-25-29-43(30-26-38)53(44-31-27-39(28-32-44)42-20-11-19-41(35-42)37-15-5-2-6-16-37)49-34-33-47(46-23-12-18-40-17-7-8-21-45(40)46)52-51(49)48-22-9-10-24-50(48)54-52/h1-35H. The third-order valence-corrected chi connectivity index (χ3v) is 10.5. The number of fused-ring (bicyclic) bond motifs is 4. The van der Waals surface area contributed by atoms with Crippen LogP contribution in [0.3, 0.4) is 0 Å². The summed E-state index contributed by atoms with van der Waals surface area (Å²) in [6.07, 6.45) is 0. The van der Waals surface area contributed by atoms with Crippen molar-refractivity contribution < 1.29 is 4.42 Å². The fraction of sp³-hybridized carbons (Fsp3) is 0. The van der Waals surface area contributed by atoms with E-state index in [2.05, 4.69) is 211 Å². The summed E-state index contributed by atoms with van der Waals surface area (Å²) in [5.41, 5.74) is 14.3. The first-order chi connectivity index (χ1) is 26.8. The van der Waals surface area contributed by atoms with Gasteiger partial charge in [0.2, 0.25) is 0 Å². The van der Waals surface area contributed by atoms with Crippen molar-refractivity contribution in [3.8, 4) is 44.5 Å². The third-order valence-electron chi connectivity index (χ3n) is 10.5. The number of nitrogens with zero attached hydrogens (tertiary/aromatic N) is 1.